The van der Waals surface area contributed by atoms with Gasteiger partial charge < -0.3 is 19.3 Å². The van der Waals surface area contributed by atoms with Crippen molar-refractivity contribution in [2.45, 2.75) is 11.8 Å². The molecular weight excluding hydrogens is 434 g/mol. The topological polar surface area (TPSA) is 96.5 Å². The van der Waals surface area contributed by atoms with Gasteiger partial charge in [-0.3, -0.25) is 9.59 Å². The normalized spacial score (nSPS) is 14.7. The second kappa shape index (κ2) is 9.58. The van der Waals surface area contributed by atoms with Crippen LogP contribution in [0.4, 0.5) is 5.69 Å². The Bertz CT molecular complexity index is 1090. The van der Waals surface area contributed by atoms with Crippen LogP contribution in [0.2, 0.25) is 0 Å². The molecule has 0 unspecified atom stereocenters. The lowest BCUT2D eigenvalue weighted by atomic mass is 10.2. The quantitative estimate of drug-likeness (QED) is 0.651. The number of hydrogen-bond acceptors (Lipinski definition) is 6. The molecule has 32 heavy (non-hydrogen) atoms. The molecule has 172 valence electrons. The third kappa shape index (κ3) is 4.71. The first-order valence-corrected chi connectivity index (χ1v) is 11.5. The van der Waals surface area contributed by atoms with Crippen LogP contribution in [0.15, 0.2) is 47.4 Å². The summed E-state index contributed by atoms with van der Waals surface area (Å²) in [4.78, 5) is 27.6. The molecule has 2 amide bonds. The second-order valence-corrected chi connectivity index (χ2v) is 9.28. The number of amides is 2. The predicted octanol–water partition coefficient (Wildman–Crippen LogP) is 1.83. The van der Waals surface area contributed by atoms with Gasteiger partial charge in [0.15, 0.2) is 11.5 Å². The Morgan fingerprint density at radius 1 is 0.906 bits per heavy atom. The maximum absolute atomic E-state index is 12.9. The molecule has 0 aromatic heterocycles. The van der Waals surface area contributed by atoms with Crippen molar-refractivity contribution in [1.29, 1.82) is 0 Å². The van der Waals surface area contributed by atoms with Gasteiger partial charge in [-0.2, -0.15) is 4.31 Å². The Labute approximate surface area is 188 Å². The zero-order valence-corrected chi connectivity index (χ0v) is 19.4. The van der Waals surface area contributed by atoms with Crippen molar-refractivity contribution in [3.8, 4) is 11.5 Å². The molecular formula is C22H27N3O6S. The number of rotatable bonds is 6. The number of piperazine rings is 1. The van der Waals surface area contributed by atoms with Gasteiger partial charge in [0.05, 0.1) is 19.1 Å². The Morgan fingerprint density at radius 2 is 1.50 bits per heavy atom. The van der Waals surface area contributed by atoms with E-state index in [9.17, 15) is 18.0 Å². The van der Waals surface area contributed by atoms with Gasteiger partial charge in [-0.15, -0.1) is 0 Å². The number of sulfonamides is 1. The molecule has 1 fully saturated rings. The fraction of sp³-hybridized carbons (Fsp3) is 0.364. The number of anilines is 1. The van der Waals surface area contributed by atoms with Crippen LogP contribution in [-0.2, 0) is 14.8 Å². The molecule has 0 aliphatic carbocycles. The SMILES string of the molecule is COc1ccc(N(C)C(=O)c2ccc(S(=O)(=O)N3CCN(C(C)=O)CC3)cc2)cc1OC. The molecule has 0 saturated carbocycles. The van der Waals surface area contributed by atoms with E-state index in [1.807, 2.05) is 0 Å². The molecule has 1 aliphatic heterocycles. The van der Waals surface area contributed by atoms with Crippen molar-refractivity contribution in [1.82, 2.24) is 9.21 Å². The lowest BCUT2D eigenvalue weighted by Gasteiger charge is -2.33. The minimum atomic E-state index is -3.70. The van der Waals surface area contributed by atoms with Gasteiger partial charge in [0.2, 0.25) is 15.9 Å². The summed E-state index contributed by atoms with van der Waals surface area (Å²) < 4.78 is 37.7. The van der Waals surface area contributed by atoms with Crippen LogP contribution in [0.1, 0.15) is 17.3 Å². The third-order valence-electron chi connectivity index (χ3n) is 5.48. The van der Waals surface area contributed by atoms with E-state index in [1.54, 1.807) is 30.1 Å². The number of ether oxygens (including phenoxy) is 2. The number of carbonyl (C=O) groups excluding carboxylic acids is 2. The van der Waals surface area contributed by atoms with Crippen LogP contribution in [0.5, 0.6) is 11.5 Å². The summed E-state index contributed by atoms with van der Waals surface area (Å²) >= 11 is 0. The maximum Gasteiger partial charge on any atom is 0.258 e. The molecule has 0 N–H and O–H groups in total. The lowest BCUT2D eigenvalue weighted by Crippen LogP contribution is -2.49. The molecule has 0 spiro atoms. The molecule has 0 radical (unpaired) electrons. The molecule has 9 nitrogen and oxygen atoms in total. The van der Waals surface area contributed by atoms with E-state index in [1.165, 1.54) is 54.6 Å². The van der Waals surface area contributed by atoms with E-state index < -0.39 is 10.0 Å². The van der Waals surface area contributed by atoms with Gasteiger partial charge >= 0.3 is 0 Å². The van der Waals surface area contributed by atoms with Gasteiger partial charge in [-0.1, -0.05) is 0 Å². The van der Waals surface area contributed by atoms with Crippen LogP contribution in [-0.4, -0.2) is 76.9 Å². The highest BCUT2D eigenvalue weighted by molar-refractivity contribution is 7.89. The Morgan fingerprint density at radius 3 is 2.03 bits per heavy atom. The van der Waals surface area contributed by atoms with E-state index in [0.717, 1.165) is 0 Å². The third-order valence-corrected chi connectivity index (χ3v) is 7.39. The number of methoxy groups -OCH3 is 2. The van der Waals surface area contributed by atoms with Crippen LogP contribution in [0.25, 0.3) is 0 Å². The molecule has 10 heteroatoms. The summed E-state index contributed by atoms with van der Waals surface area (Å²) in [5.74, 6) is 0.687. The van der Waals surface area contributed by atoms with Crippen molar-refractivity contribution in [2.75, 3.05) is 52.3 Å². The minimum absolute atomic E-state index is 0.0662. The maximum atomic E-state index is 12.9. The molecule has 2 aromatic carbocycles. The first-order chi connectivity index (χ1) is 15.2. The summed E-state index contributed by atoms with van der Waals surface area (Å²) in [6.07, 6.45) is 0. The van der Waals surface area contributed by atoms with Crippen LogP contribution in [0.3, 0.4) is 0 Å². The second-order valence-electron chi connectivity index (χ2n) is 7.34. The standard InChI is InChI=1S/C22H27N3O6S/c1-16(26)24-11-13-25(14-12-24)32(28,29)19-8-5-17(6-9-19)22(27)23(2)18-7-10-20(30-3)21(15-18)31-4/h5-10,15H,11-14H2,1-4H3. The van der Waals surface area contributed by atoms with Crippen molar-refractivity contribution in [3.05, 3.63) is 48.0 Å². The number of carbonyl (C=O) groups is 2. The summed E-state index contributed by atoms with van der Waals surface area (Å²) in [6.45, 7) is 2.68. The number of benzene rings is 2. The molecule has 2 aromatic rings. The van der Waals surface area contributed by atoms with Crippen molar-refractivity contribution in [3.63, 3.8) is 0 Å². The van der Waals surface area contributed by atoms with E-state index in [-0.39, 0.29) is 29.8 Å². The van der Waals surface area contributed by atoms with Crippen LogP contribution < -0.4 is 14.4 Å². The first kappa shape index (κ1) is 23.6. The molecule has 0 bridgehead atoms. The average Bonchev–Trinajstić information content (AvgIpc) is 2.82. The van der Waals surface area contributed by atoms with Crippen LogP contribution in [0, 0.1) is 0 Å². The summed E-state index contributed by atoms with van der Waals surface area (Å²) in [7, 11) is 0.974. The Hall–Kier alpha value is -3.11. The van der Waals surface area contributed by atoms with Gasteiger partial charge in [0, 0.05) is 57.5 Å². The lowest BCUT2D eigenvalue weighted by molar-refractivity contribution is -0.129. The average molecular weight is 462 g/mol. The monoisotopic (exact) mass is 461 g/mol. The summed E-state index contributed by atoms with van der Waals surface area (Å²) in [5, 5.41) is 0. The van der Waals surface area contributed by atoms with E-state index in [4.69, 9.17) is 9.47 Å². The Kier molecular flexibility index (Phi) is 7.05. The van der Waals surface area contributed by atoms with Crippen molar-refractivity contribution in [2.24, 2.45) is 0 Å². The van der Waals surface area contributed by atoms with Crippen molar-refractivity contribution < 1.29 is 27.5 Å². The van der Waals surface area contributed by atoms with Crippen LogP contribution >= 0.6 is 0 Å². The molecule has 1 heterocycles. The zero-order valence-electron chi connectivity index (χ0n) is 18.6. The largest absolute Gasteiger partial charge is 0.493 e. The van der Waals surface area contributed by atoms with Gasteiger partial charge in [-0.05, 0) is 36.4 Å². The Balaban J connectivity index is 1.75. The first-order valence-electron chi connectivity index (χ1n) is 10.0. The minimum Gasteiger partial charge on any atom is -0.493 e. The summed E-state index contributed by atoms with van der Waals surface area (Å²) in [5.41, 5.74) is 0.954. The van der Waals surface area contributed by atoms with E-state index >= 15 is 0 Å². The van der Waals surface area contributed by atoms with Crippen molar-refractivity contribution >= 4 is 27.5 Å². The highest BCUT2D eigenvalue weighted by Crippen LogP contribution is 2.31. The van der Waals surface area contributed by atoms with Gasteiger partial charge in [-0.25, -0.2) is 8.42 Å². The highest BCUT2D eigenvalue weighted by Gasteiger charge is 2.29. The van der Waals surface area contributed by atoms with E-state index in [0.29, 0.717) is 35.8 Å². The zero-order chi connectivity index (χ0) is 23.5. The fourth-order valence-corrected chi connectivity index (χ4v) is 4.93. The molecule has 1 aliphatic rings. The smallest absolute Gasteiger partial charge is 0.258 e. The van der Waals surface area contributed by atoms with Gasteiger partial charge in [0.25, 0.3) is 5.91 Å². The predicted molar refractivity (Wildman–Crippen MR) is 120 cm³/mol. The number of hydrogen-bond donors (Lipinski definition) is 0. The number of nitrogens with zero attached hydrogens (tertiary/aromatic N) is 3. The molecule has 1 saturated heterocycles. The fourth-order valence-electron chi connectivity index (χ4n) is 3.51. The van der Waals surface area contributed by atoms with E-state index in [2.05, 4.69) is 0 Å². The molecule has 3 rings (SSSR count). The summed E-state index contributed by atoms with van der Waals surface area (Å²) in [6, 6.07) is 11.0. The van der Waals surface area contributed by atoms with Gasteiger partial charge in [0.1, 0.15) is 0 Å². The highest BCUT2D eigenvalue weighted by atomic mass is 32.2. The molecule has 0 atom stereocenters.